The van der Waals surface area contributed by atoms with Crippen LogP contribution in [0.4, 0.5) is 8.78 Å². The van der Waals surface area contributed by atoms with Gasteiger partial charge in [-0.3, -0.25) is 0 Å². The molecule has 1 atom stereocenters. The van der Waals surface area contributed by atoms with Gasteiger partial charge < -0.3 is 5.11 Å². The number of aliphatic hydroxyl groups is 1. The van der Waals surface area contributed by atoms with E-state index >= 15 is 0 Å². The Bertz CT molecular complexity index is 407. The number of hydrogen-bond donors (Lipinski definition) is 1. The molecule has 1 N–H and O–H groups in total. The predicted molar refractivity (Wildman–Crippen MR) is 58.7 cm³/mol. The van der Waals surface area contributed by atoms with Gasteiger partial charge in [-0.05, 0) is 31.4 Å². The zero-order chi connectivity index (χ0) is 12.1. The van der Waals surface area contributed by atoms with E-state index < -0.39 is 17.7 Å². The van der Waals surface area contributed by atoms with Crippen LogP contribution in [0.5, 0.6) is 0 Å². The molecular weight excluding hydrogens is 210 g/mol. The van der Waals surface area contributed by atoms with Gasteiger partial charge in [0.15, 0.2) is 0 Å². The molecule has 0 fully saturated rings. The van der Waals surface area contributed by atoms with E-state index in [0.29, 0.717) is 24.8 Å². The zero-order valence-corrected chi connectivity index (χ0v) is 9.13. The second kappa shape index (κ2) is 5.62. The molecule has 3 heteroatoms. The van der Waals surface area contributed by atoms with E-state index in [1.165, 1.54) is 13.0 Å². The Labute approximate surface area is 94.1 Å². The predicted octanol–water partition coefficient (Wildman–Crippen LogP) is 3.11. The van der Waals surface area contributed by atoms with Crippen molar-refractivity contribution in [3.63, 3.8) is 0 Å². The maximum absolute atomic E-state index is 13.3. The van der Waals surface area contributed by atoms with Crippen LogP contribution in [0.15, 0.2) is 12.1 Å². The second-order valence-corrected chi connectivity index (χ2v) is 3.74. The molecule has 0 saturated heterocycles. The lowest BCUT2D eigenvalue weighted by atomic mass is 10.0. The molecular formula is C13H14F2O. The molecule has 86 valence electrons. The molecule has 0 spiro atoms. The van der Waals surface area contributed by atoms with Crippen LogP contribution in [0.2, 0.25) is 0 Å². The lowest BCUT2D eigenvalue weighted by Gasteiger charge is -2.12. The summed E-state index contributed by atoms with van der Waals surface area (Å²) in [6.07, 6.45) is 5.69. The van der Waals surface area contributed by atoms with Crippen LogP contribution in [0.25, 0.3) is 0 Å². The third-order valence-electron chi connectivity index (χ3n) is 2.44. The molecule has 1 nitrogen and oxygen atoms in total. The van der Waals surface area contributed by atoms with E-state index in [4.69, 9.17) is 6.42 Å². The van der Waals surface area contributed by atoms with Crippen molar-refractivity contribution in [2.45, 2.75) is 32.3 Å². The van der Waals surface area contributed by atoms with Crippen molar-refractivity contribution in [2.75, 3.05) is 0 Å². The Morgan fingerprint density at radius 1 is 1.38 bits per heavy atom. The summed E-state index contributed by atoms with van der Waals surface area (Å²) in [6, 6.07) is 2.14. The van der Waals surface area contributed by atoms with Gasteiger partial charge in [-0.2, -0.15) is 0 Å². The van der Waals surface area contributed by atoms with E-state index in [1.54, 1.807) is 0 Å². The quantitative estimate of drug-likeness (QED) is 0.615. The van der Waals surface area contributed by atoms with Gasteiger partial charge in [0.2, 0.25) is 0 Å². The fourth-order valence-electron chi connectivity index (χ4n) is 1.49. The molecule has 1 aromatic carbocycles. The Morgan fingerprint density at radius 3 is 2.69 bits per heavy atom. The van der Waals surface area contributed by atoms with Gasteiger partial charge in [0, 0.05) is 18.1 Å². The van der Waals surface area contributed by atoms with Crippen molar-refractivity contribution in [2.24, 2.45) is 0 Å². The van der Waals surface area contributed by atoms with Crippen molar-refractivity contribution in [3.05, 3.63) is 34.9 Å². The topological polar surface area (TPSA) is 20.2 Å². The van der Waals surface area contributed by atoms with E-state index in [-0.39, 0.29) is 5.56 Å². The van der Waals surface area contributed by atoms with E-state index in [1.807, 2.05) is 0 Å². The summed E-state index contributed by atoms with van der Waals surface area (Å²) < 4.78 is 26.3. The second-order valence-electron chi connectivity index (χ2n) is 3.74. The SMILES string of the molecule is C#CCCCC(O)c1cc(C)c(F)cc1F. The molecule has 0 aliphatic rings. The van der Waals surface area contributed by atoms with Gasteiger partial charge in [0.1, 0.15) is 11.6 Å². The number of unbranched alkanes of at least 4 members (excludes halogenated alkanes) is 1. The first-order valence-corrected chi connectivity index (χ1v) is 5.13. The Morgan fingerprint density at radius 2 is 2.06 bits per heavy atom. The van der Waals surface area contributed by atoms with Crippen molar-refractivity contribution < 1.29 is 13.9 Å². The molecule has 0 amide bonds. The fourth-order valence-corrected chi connectivity index (χ4v) is 1.49. The van der Waals surface area contributed by atoms with Crippen LogP contribution in [-0.4, -0.2) is 5.11 Å². The minimum Gasteiger partial charge on any atom is -0.388 e. The van der Waals surface area contributed by atoms with Gasteiger partial charge in [-0.25, -0.2) is 8.78 Å². The molecule has 16 heavy (non-hydrogen) atoms. The summed E-state index contributed by atoms with van der Waals surface area (Å²) in [5.74, 6) is 1.13. The van der Waals surface area contributed by atoms with Crippen LogP contribution in [0.1, 0.15) is 36.5 Å². The summed E-state index contributed by atoms with van der Waals surface area (Å²) in [6.45, 7) is 1.53. The average molecular weight is 224 g/mol. The van der Waals surface area contributed by atoms with Crippen LogP contribution in [-0.2, 0) is 0 Å². The number of aliphatic hydroxyl groups excluding tert-OH is 1. The summed E-state index contributed by atoms with van der Waals surface area (Å²) in [5, 5.41) is 9.71. The highest BCUT2D eigenvalue weighted by atomic mass is 19.1. The average Bonchev–Trinajstić information content (AvgIpc) is 2.23. The maximum Gasteiger partial charge on any atom is 0.131 e. The van der Waals surface area contributed by atoms with Crippen molar-refractivity contribution in [1.29, 1.82) is 0 Å². The number of hydrogen-bond acceptors (Lipinski definition) is 1. The molecule has 0 bridgehead atoms. The van der Waals surface area contributed by atoms with Crippen LogP contribution in [0, 0.1) is 30.9 Å². The number of benzene rings is 1. The molecule has 1 aromatic rings. The standard InChI is InChI=1S/C13H14F2O/c1-3-4-5-6-13(16)10-7-9(2)11(14)8-12(10)15/h1,7-8,13,16H,4-6H2,2H3. The monoisotopic (exact) mass is 224 g/mol. The highest BCUT2D eigenvalue weighted by Gasteiger charge is 2.14. The van der Waals surface area contributed by atoms with Gasteiger partial charge >= 0.3 is 0 Å². The van der Waals surface area contributed by atoms with Crippen molar-refractivity contribution in [1.82, 2.24) is 0 Å². The van der Waals surface area contributed by atoms with Gasteiger partial charge in [0.05, 0.1) is 6.10 Å². The lowest BCUT2D eigenvalue weighted by molar-refractivity contribution is 0.160. The lowest BCUT2D eigenvalue weighted by Crippen LogP contribution is -2.02. The molecule has 0 aromatic heterocycles. The summed E-state index contributed by atoms with van der Waals surface area (Å²) in [5.41, 5.74) is 0.461. The number of rotatable bonds is 4. The highest BCUT2D eigenvalue weighted by Crippen LogP contribution is 2.24. The molecule has 0 radical (unpaired) electrons. The number of terminal acetylenes is 1. The molecule has 0 heterocycles. The van der Waals surface area contributed by atoms with E-state index in [2.05, 4.69) is 5.92 Å². The summed E-state index contributed by atoms with van der Waals surface area (Å²) in [4.78, 5) is 0. The van der Waals surface area contributed by atoms with Crippen LogP contribution in [0.3, 0.4) is 0 Å². The first-order chi connectivity index (χ1) is 7.56. The first-order valence-electron chi connectivity index (χ1n) is 5.13. The molecule has 1 rings (SSSR count). The normalized spacial score (nSPS) is 12.2. The molecule has 0 saturated carbocycles. The Hall–Kier alpha value is -1.40. The zero-order valence-electron chi connectivity index (χ0n) is 9.13. The Kier molecular flexibility index (Phi) is 4.45. The minimum atomic E-state index is -0.923. The highest BCUT2D eigenvalue weighted by molar-refractivity contribution is 5.27. The first kappa shape index (κ1) is 12.7. The number of halogens is 2. The Balaban J connectivity index is 2.79. The third kappa shape index (κ3) is 3.04. The van der Waals surface area contributed by atoms with Gasteiger partial charge in [0.25, 0.3) is 0 Å². The maximum atomic E-state index is 13.3. The van der Waals surface area contributed by atoms with Crippen molar-refractivity contribution in [3.8, 4) is 12.3 Å². The van der Waals surface area contributed by atoms with Crippen LogP contribution >= 0.6 is 0 Å². The summed E-state index contributed by atoms with van der Waals surface area (Å²) >= 11 is 0. The fraction of sp³-hybridized carbons (Fsp3) is 0.385. The smallest absolute Gasteiger partial charge is 0.131 e. The molecule has 0 aliphatic heterocycles. The molecule has 1 unspecified atom stereocenters. The summed E-state index contributed by atoms with van der Waals surface area (Å²) in [7, 11) is 0. The van der Waals surface area contributed by atoms with E-state index in [0.717, 1.165) is 6.07 Å². The van der Waals surface area contributed by atoms with Gasteiger partial charge in [-0.15, -0.1) is 12.3 Å². The van der Waals surface area contributed by atoms with Gasteiger partial charge in [-0.1, -0.05) is 0 Å². The third-order valence-corrected chi connectivity index (χ3v) is 2.44. The largest absolute Gasteiger partial charge is 0.388 e. The minimum absolute atomic E-state index is 0.135. The van der Waals surface area contributed by atoms with E-state index in [9.17, 15) is 13.9 Å². The van der Waals surface area contributed by atoms with Crippen LogP contribution < -0.4 is 0 Å². The number of aryl methyl sites for hydroxylation is 1. The van der Waals surface area contributed by atoms with Crippen molar-refractivity contribution >= 4 is 0 Å². The molecule has 0 aliphatic carbocycles.